The summed E-state index contributed by atoms with van der Waals surface area (Å²) >= 11 is 5.84. The van der Waals surface area contributed by atoms with Crippen molar-refractivity contribution in [1.82, 2.24) is 10.4 Å². The Hall–Kier alpha value is 0.250. The van der Waals surface area contributed by atoms with E-state index >= 15 is 0 Å². The molecule has 2 heterocycles. The van der Waals surface area contributed by atoms with Crippen LogP contribution in [0.5, 0.6) is 0 Å². The molecule has 1 saturated heterocycles. The van der Waals surface area contributed by atoms with E-state index in [-0.39, 0.29) is 0 Å². The first kappa shape index (κ1) is 13.7. The fourth-order valence-corrected chi connectivity index (χ4v) is 5.64. The highest BCUT2D eigenvalue weighted by Crippen LogP contribution is 2.37. The van der Waals surface area contributed by atoms with Gasteiger partial charge >= 0.3 is 0 Å². The first-order valence-corrected chi connectivity index (χ1v) is 8.68. The molecule has 1 aromatic rings. The molecule has 4 unspecified atom stereocenters. The summed E-state index contributed by atoms with van der Waals surface area (Å²) in [4.78, 5) is 5.43. The van der Waals surface area contributed by atoms with Crippen LogP contribution in [0, 0.1) is 0 Å². The van der Waals surface area contributed by atoms with Crippen molar-refractivity contribution in [1.29, 1.82) is 0 Å². The Bertz CT molecular complexity index is 331. The number of hydrogen-bond donors (Lipinski definition) is 2. The first-order valence-electron chi connectivity index (χ1n) is 5.81. The molecule has 6 heteroatoms. The monoisotopic (exact) mass is 289 g/mol. The van der Waals surface area contributed by atoms with Gasteiger partial charge in [-0.15, -0.1) is 11.3 Å². The molecule has 4 atom stereocenters. The molecule has 2 rings (SSSR count). The summed E-state index contributed by atoms with van der Waals surface area (Å²) in [6.45, 7) is 4.63. The van der Waals surface area contributed by atoms with Gasteiger partial charge in [0, 0.05) is 45.0 Å². The van der Waals surface area contributed by atoms with Crippen molar-refractivity contribution in [3.05, 3.63) is 16.6 Å². The second-order valence-electron chi connectivity index (χ2n) is 4.36. The number of hydrazine groups is 1. The average Bonchev–Trinajstić information content (AvgIpc) is 2.82. The van der Waals surface area contributed by atoms with Crippen molar-refractivity contribution in [2.24, 2.45) is 5.84 Å². The molecular weight excluding hydrogens is 270 g/mol. The third kappa shape index (κ3) is 3.61. The number of nitrogens with two attached hydrogens (primary N) is 1. The average molecular weight is 289 g/mol. The standard InChI is InChI=1S/C11H19N3S3/c1-7-8(2)17-11(5-15-7)10(14-12)3-9-4-13-6-16-9/h4,6-8,10-11,14H,3,5,12H2,1-2H3. The predicted molar refractivity (Wildman–Crippen MR) is 79.7 cm³/mol. The minimum absolute atomic E-state index is 0.350. The fourth-order valence-electron chi connectivity index (χ4n) is 1.88. The van der Waals surface area contributed by atoms with Gasteiger partial charge in [-0.1, -0.05) is 13.8 Å². The highest BCUT2D eigenvalue weighted by atomic mass is 32.2. The lowest BCUT2D eigenvalue weighted by Gasteiger charge is -2.35. The smallest absolute Gasteiger partial charge is 0.0794 e. The van der Waals surface area contributed by atoms with Crippen LogP contribution >= 0.6 is 34.9 Å². The second kappa shape index (κ2) is 6.43. The van der Waals surface area contributed by atoms with Gasteiger partial charge in [0.25, 0.3) is 0 Å². The lowest BCUT2D eigenvalue weighted by molar-refractivity contribution is 0.524. The molecule has 1 aliphatic heterocycles. The molecule has 0 amide bonds. The first-order chi connectivity index (χ1) is 8.20. The number of thiazole rings is 1. The molecular formula is C11H19N3S3. The van der Waals surface area contributed by atoms with Crippen LogP contribution in [0.1, 0.15) is 18.7 Å². The summed E-state index contributed by atoms with van der Waals surface area (Å²) in [6.07, 6.45) is 2.93. The molecule has 17 heavy (non-hydrogen) atoms. The van der Waals surface area contributed by atoms with E-state index in [0.29, 0.717) is 16.5 Å². The summed E-state index contributed by atoms with van der Waals surface area (Å²) in [5.74, 6) is 6.90. The molecule has 0 spiro atoms. The van der Waals surface area contributed by atoms with Crippen LogP contribution in [0.3, 0.4) is 0 Å². The Morgan fingerprint density at radius 2 is 2.35 bits per heavy atom. The van der Waals surface area contributed by atoms with Gasteiger partial charge in [0.2, 0.25) is 0 Å². The molecule has 96 valence electrons. The minimum atomic E-state index is 0.350. The van der Waals surface area contributed by atoms with E-state index in [9.17, 15) is 0 Å². The van der Waals surface area contributed by atoms with E-state index in [4.69, 9.17) is 5.84 Å². The maximum atomic E-state index is 5.71. The van der Waals surface area contributed by atoms with Gasteiger partial charge in [0.1, 0.15) is 0 Å². The van der Waals surface area contributed by atoms with Crippen molar-refractivity contribution in [3.8, 4) is 0 Å². The molecule has 0 aromatic carbocycles. The van der Waals surface area contributed by atoms with Crippen LogP contribution in [-0.4, -0.2) is 32.5 Å². The zero-order chi connectivity index (χ0) is 12.3. The molecule has 1 fully saturated rings. The summed E-state index contributed by atoms with van der Waals surface area (Å²) in [6, 6.07) is 0.350. The summed E-state index contributed by atoms with van der Waals surface area (Å²) in [5.41, 5.74) is 4.88. The van der Waals surface area contributed by atoms with Crippen LogP contribution in [0.2, 0.25) is 0 Å². The van der Waals surface area contributed by atoms with Crippen molar-refractivity contribution in [2.75, 3.05) is 5.75 Å². The van der Waals surface area contributed by atoms with Crippen LogP contribution in [0.4, 0.5) is 0 Å². The van der Waals surface area contributed by atoms with Crippen LogP contribution in [0.25, 0.3) is 0 Å². The van der Waals surface area contributed by atoms with E-state index in [1.807, 2.05) is 11.7 Å². The Kier molecular flexibility index (Phi) is 5.17. The van der Waals surface area contributed by atoms with E-state index in [1.165, 1.54) is 10.6 Å². The Morgan fingerprint density at radius 1 is 1.53 bits per heavy atom. The molecule has 0 bridgehead atoms. The highest BCUT2D eigenvalue weighted by molar-refractivity contribution is 8.07. The number of aromatic nitrogens is 1. The van der Waals surface area contributed by atoms with Gasteiger partial charge in [0.15, 0.2) is 0 Å². The number of nitrogens with one attached hydrogen (secondary N) is 1. The third-order valence-corrected chi connectivity index (χ3v) is 7.49. The number of thioether (sulfide) groups is 2. The minimum Gasteiger partial charge on any atom is -0.271 e. The van der Waals surface area contributed by atoms with E-state index in [2.05, 4.69) is 47.8 Å². The molecule has 0 radical (unpaired) electrons. The van der Waals surface area contributed by atoms with Gasteiger partial charge in [-0.25, -0.2) is 0 Å². The fraction of sp³-hybridized carbons (Fsp3) is 0.727. The number of rotatable bonds is 4. The van der Waals surface area contributed by atoms with Crippen LogP contribution < -0.4 is 11.3 Å². The van der Waals surface area contributed by atoms with Crippen LogP contribution in [-0.2, 0) is 6.42 Å². The van der Waals surface area contributed by atoms with Crippen LogP contribution in [0.15, 0.2) is 11.7 Å². The van der Waals surface area contributed by atoms with Crippen molar-refractivity contribution in [3.63, 3.8) is 0 Å². The molecule has 1 aliphatic rings. The van der Waals surface area contributed by atoms with Gasteiger partial charge in [-0.05, 0) is 0 Å². The molecule has 0 aliphatic carbocycles. The van der Waals surface area contributed by atoms with Crippen molar-refractivity contribution in [2.45, 2.75) is 42.1 Å². The predicted octanol–water partition coefficient (Wildman–Crippen LogP) is 2.14. The van der Waals surface area contributed by atoms with Crippen molar-refractivity contribution < 1.29 is 0 Å². The van der Waals surface area contributed by atoms with E-state index in [1.54, 1.807) is 11.3 Å². The maximum absolute atomic E-state index is 5.71. The Morgan fingerprint density at radius 3 is 2.94 bits per heavy atom. The lowest BCUT2D eigenvalue weighted by atomic mass is 10.1. The maximum Gasteiger partial charge on any atom is 0.0794 e. The molecule has 0 saturated carbocycles. The number of nitrogens with zero attached hydrogens (tertiary/aromatic N) is 1. The van der Waals surface area contributed by atoms with Gasteiger partial charge < -0.3 is 0 Å². The Balaban J connectivity index is 1.94. The molecule has 1 aromatic heterocycles. The summed E-state index contributed by atoms with van der Waals surface area (Å²) < 4.78 is 0. The third-order valence-electron chi connectivity index (χ3n) is 3.14. The molecule has 3 N–H and O–H groups in total. The number of hydrogen-bond acceptors (Lipinski definition) is 6. The highest BCUT2D eigenvalue weighted by Gasteiger charge is 2.31. The van der Waals surface area contributed by atoms with Gasteiger partial charge in [-0.3, -0.25) is 16.3 Å². The normalized spacial score (nSPS) is 31.4. The SMILES string of the molecule is CC1SCC(C(Cc2cncs2)NN)SC1C. The zero-order valence-electron chi connectivity index (χ0n) is 10.1. The van der Waals surface area contributed by atoms with Gasteiger partial charge in [0.05, 0.1) is 5.51 Å². The molecule has 3 nitrogen and oxygen atoms in total. The van der Waals surface area contributed by atoms with E-state index in [0.717, 1.165) is 11.7 Å². The topological polar surface area (TPSA) is 50.9 Å². The Labute approximate surface area is 115 Å². The lowest BCUT2D eigenvalue weighted by Crippen LogP contribution is -2.47. The quantitative estimate of drug-likeness (QED) is 0.657. The summed E-state index contributed by atoms with van der Waals surface area (Å²) in [5, 5.41) is 2.05. The van der Waals surface area contributed by atoms with Gasteiger partial charge in [-0.2, -0.15) is 23.5 Å². The second-order valence-corrected chi connectivity index (χ2v) is 8.37. The van der Waals surface area contributed by atoms with Crippen molar-refractivity contribution >= 4 is 34.9 Å². The van der Waals surface area contributed by atoms with E-state index < -0.39 is 0 Å². The summed E-state index contributed by atoms with van der Waals surface area (Å²) in [7, 11) is 0. The zero-order valence-corrected chi connectivity index (χ0v) is 12.6. The largest absolute Gasteiger partial charge is 0.271 e.